The molecule has 0 saturated carbocycles. The molecular weight excluding hydrogens is 279 g/mol. The first-order chi connectivity index (χ1) is 8.99. The highest BCUT2D eigenvalue weighted by molar-refractivity contribution is 6.64. The molecule has 0 heterocycles. The minimum absolute atomic E-state index is 0.297. The normalized spacial score (nSPS) is 12.2. The SMILES string of the molecule is Cc1ccc(-c2ccc(Cl)cc2)cc1C(C)C(=O)Cl. The zero-order chi connectivity index (χ0) is 14.0. The molecule has 1 unspecified atom stereocenters. The number of carbonyl (C=O) groups is 1. The van der Waals surface area contributed by atoms with Crippen LogP contribution >= 0.6 is 23.2 Å². The highest BCUT2D eigenvalue weighted by Gasteiger charge is 2.15. The molecule has 0 N–H and O–H groups in total. The Bertz CT molecular complexity index is 603. The van der Waals surface area contributed by atoms with Crippen LogP contribution in [0.1, 0.15) is 24.0 Å². The minimum atomic E-state index is -0.337. The van der Waals surface area contributed by atoms with E-state index in [0.717, 1.165) is 22.3 Å². The summed E-state index contributed by atoms with van der Waals surface area (Å²) < 4.78 is 0. The number of rotatable bonds is 3. The molecule has 2 rings (SSSR count). The lowest BCUT2D eigenvalue weighted by Crippen LogP contribution is -2.04. The Kier molecular flexibility index (Phi) is 4.28. The van der Waals surface area contributed by atoms with Crippen molar-refractivity contribution < 1.29 is 4.79 Å². The molecular formula is C16H14Cl2O. The second-order valence-corrected chi connectivity index (χ2v) is 5.41. The number of hydrogen-bond donors (Lipinski definition) is 0. The maximum Gasteiger partial charge on any atom is 0.228 e. The van der Waals surface area contributed by atoms with E-state index in [4.69, 9.17) is 23.2 Å². The number of benzene rings is 2. The third kappa shape index (κ3) is 3.17. The van der Waals surface area contributed by atoms with E-state index in [1.165, 1.54) is 0 Å². The molecule has 19 heavy (non-hydrogen) atoms. The summed E-state index contributed by atoms with van der Waals surface area (Å²) in [6.07, 6.45) is 0. The predicted octanol–water partition coefficient (Wildman–Crippen LogP) is 5.18. The van der Waals surface area contributed by atoms with Gasteiger partial charge < -0.3 is 0 Å². The van der Waals surface area contributed by atoms with Crippen LogP contribution in [-0.2, 0) is 4.79 Å². The van der Waals surface area contributed by atoms with E-state index in [1.54, 1.807) is 0 Å². The van der Waals surface area contributed by atoms with Gasteiger partial charge in [0.15, 0.2) is 0 Å². The number of halogens is 2. The fourth-order valence-corrected chi connectivity index (χ4v) is 2.29. The van der Waals surface area contributed by atoms with Crippen molar-refractivity contribution in [2.75, 3.05) is 0 Å². The smallest absolute Gasteiger partial charge is 0.228 e. The van der Waals surface area contributed by atoms with Crippen LogP contribution in [0.15, 0.2) is 42.5 Å². The van der Waals surface area contributed by atoms with Crippen LogP contribution in [0.2, 0.25) is 5.02 Å². The van der Waals surface area contributed by atoms with Gasteiger partial charge in [0.1, 0.15) is 0 Å². The molecule has 0 aliphatic rings. The fourth-order valence-electron chi connectivity index (χ4n) is 2.05. The Hall–Kier alpha value is -1.31. The monoisotopic (exact) mass is 292 g/mol. The molecule has 0 radical (unpaired) electrons. The molecule has 98 valence electrons. The third-order valence-electron chi connectivity index (χ3n) is 3.26. The summed E-state index contributed by atoms with van der Waals surface area (Å²) >= 11 is 11.5. The third-order valence-corrected chi connectivity index (χ3v) is 3.84. The van der Waals surface area contributed by atoms with Crippen LogP contribution in [0.3, 0.4) is 0 Å². The first kappa shape index (κ1) is 14.1. The molecule has 3 heteroatoms. The molecule has 0 aliphatic carbocycles. The molecule has 0 fully saturated rings. The first-order valence-corrected chi connectivity index (χ1v) is 6.80. The van der Waals surface area contributed by atoms with Gasteiger partial charge in [0.2, 0.25) is 5.24 Å². The zero-order valence-corrected chi connectivity index (χ0v) is 12.3. The van der Waals surface area contributed by atoms with Crippen molar-refractivity contribution >= 4 is 28.4 Å². The lowest BCUT2D eigenvalue weighted by atomic mass is 9.93. The van der Waals surface area contributed by atoms with Gasteiger partial charge in [-0.3, -0.25) is 4.79 Å². The molecule has 2 aromatic rings. The van der Waals surface area contributed by atoms with Gasteiger partial charge in [-0.25, -0.2) is 0 Å². The van der Waals surface area contributed by atoms with Crippen LogP contribution in [0, 0.1) is 6.92 Å². The average Bonchev–Trinajstić information content (AvgIpc) is 2.39. The fraction of sp³-hybridized carbons (Fsp3) is 0.188. The largest absolute Gasteiger partial charge is 0.281 e. The summed E-state index contributed by atoms with van der Waals surface area (Å²) in [4.78, 5) is 11.3. The molecule has 1 atom stereocenters. The Labute approximate surface area is 123 Å². The van der Waals surface area contributed by atoms with Crippen LogP contribution in [-0.4, -0.2) is 5.24 Å². The van der Waals surface area contributed by atoms with Gasteiger partial charge in [0.05, 0.1) is 5.92 Å². The summed E-state index contributed by atoms with van der Waals surface area (Å²) in [6, 6.07) is 13.7. The molecule has 0 amide bonds. The second-order valence-electron chi connectivity index (χ2n) is 4.60. The van der Waals surface area contributed by atoms with Crippen molar-refractivity contribution in [2.24, 2.45) is 0 Å². The Balaban J connectivity index is 2.46. The molecule has 1 nitrogen and oxygen atoms in total. The summed E-state index contributed by atoms with van der Waals surface area (Å²) in [7, 11) is 0. The summed E-state index contributed by atoms with van der Waals surface area (Å²) in [5, 5.41) is 0.372. The first-order valence-electron chi connectivity index (χ1n) is 6.05. The van der Waals surface area contributed by atoms with Gasteiger partial charge in [0.25, 0.3) is 0 Å². The van der Waals surface area contributed by atoms with Crippen molar-refractivity contribution in [1.29, 1.82) is 0 Å². The lowest BCUT2D eigenvalue weighted by molar-refractivity contribution is -0.112. The minimum Gasteiger partial charge on any atom is -0.281 e. The van der Waals surface area contributed by atoms with Gasteiger partial charge in [-0.2, -0.15) is 0 Å². The summed E-state index contributed by atoms with van der Waals surface area (Å²) in [5.74, 6) is -0.297. The van der Waals surface area contributed by atoms with Gasteiger partial charge >= 0.3 is 0 Å². The van der Waals surface area contributed by atoms with Crippen LogP contribution in [0.4, 0.5) is 0 Å². The van der Waals surface area contributed by atoms with Gasteiger partial charge in [-0.1, -0.05) is 48.9 Å². The standard InChI is InChI=1S/C16H14Cl2O/c1-10-3-4-13(9-15(10)11(2)16(18)19)12-5-7-14(17)8-6-12/h3-9,11H,1-2H3. The molecule has 0 aliphatic heterocycles. The lowest BCUT2D eigenvalue weighted by Gasteiger charge is -2.13. The van der Waals surface area contributed by atoms with Crippen molar-refractivity contribution in [2.45, 2.75) is 19.8 Å². The van der Waals surface area contributed by atoms with Crippen molar-refractivity contribution in [3.05, 3.63) is 58.6 Å². The van der Waals surface area contributed by atoms with Crippen molar-refractivity contribution in [3.63, 3.8) is 0 Å². The topological polar surface area (TPSA) is 17.1 Å². The Morgan fingerprint density at radius 2 is 1.63 bits per heavy atom. The van der Waals surface area contributed by atoms with E-state index in [1.807, 2.05) is 56.3 Å². The van der Waals surface area contributed by atoms with E-state index in [0.29, 0.717) is 5.02 Å². The Morgan fingerprint density at radius 3 is 2.21 bits per heavy atom. The highest BCUT2D eigenvalue weighted by atomic mass is 35.5. The maximum atomic E-state index is 11.3. The van der Waals surface area contributed by atoms with E-state index in [-0.39, 0.29) is 11.2 Å². The number of aryl methyl sites for hydroxylation is 1. The van der Waals surface area contributed by atoms with Crippen LogP contribution < -0.4 is 0 Å². The Morgan fingerprint density at radius 1 is 1.05 bits per heavy atom. The van der Waals surface area contributed by atoms with Crippen LogP contribution in [0.5, 0.6) is 0 Å². The number of carbonyl (C=O) groups excluding carboxylic acids is 1. The van der Waals surface area contributed by atoms with Crippen molar-refractivity contribution in [1.82, 2.24) is 0 Å². The van der Waals surface area contributed by atoms with Gasteiger partial charge in [-0.05, 0) is 52.9 Å². The number of hydrogen-bond acceptors (Lipinski definition) is 1. The molecule has 0 aromatic heterocycles. The average molecular weight is 293 g/mol. The van der Waals surface area contributed by atoms with Gasteiger partial charge in [-0.15, -0.1) is 0 Å². The van der Waals surface area contributed by atoms with E-state index >= 15 is 0 Å². The maximum absolute atomic E-state index is 11.3. The van der Waals surface area contributed by atoms with Crippen molar-refractivity contribution in [3.8, 4) is 11.1 Å². The molecule has 0 spiro atoms. The quantitative estimate of drug-likeness (QED) is 0.712. The summed E-state index contributed by atoms with van der Waals surface area (Å²) in [5.41, 5.74) is 4.16. The predicted molar refractivity (Wildman–Crippen MR) is 80.9 cm³/mol. The zero-order valence-electron chi connectivity index (χ0n) is 10.8. The molecule has 2 aromatic carbocycles. The second kappa shape index (κ2) is 5.77. The van der Waals surface area contributed by atoms with Gasteiger partial charge in [0, 0.05) is 5.02 Å². The molecule has 0 saturated heterocycles. The van der Waals surface area contributed by atoms with E-state index in [9.17, 15) is 4.79 Å². The summed E-state index contributed by atoms with van der Waals surface area (Å²) in [6.45, 7) is 3.81. The van der Waals surface area contributed by atoms with E-state index < -0.39 is 0 Å². The van der Waals surface area contributed by atoms with Crippen LogP contribution in [0.25, 0.3) is 11.1 Å². The molecule has 0 bridgehead atoms. The van der Waals surface area contributed by atoms with E-state index in [2.05, 4.69) is 0 Å². The highest BCUT2D eigenvalue weighted by Crippen LogP contribution is 2.28.